The van der Waals surface area contributed by atoms with Gasteiger partial charge in [-0.3, -0.25) is 0 Å². The van der Waals surface area contributed by atoms with E-state index in [0.29, 0.717) is 19.0 Å². The van der Waals surface area contributed by atoms with Gasteiger partial charge >= 0.3 is 6.03 Å². The number of aryl methyl sites for hydroxylation is 1. The summed E-state index contributed by atoms with van der Waals surface area (Å²) in [6.07, 6.45) is 3.59. The van der Waals surface area contributed by atoms with Crippen LogP contribution in [0.5, 0.6) is 0 Å². The standard InChI is InChI=1S/C16H23ClN2O2/c1-11-7-13(5-6-15(11)17)10-19-16(21)18-9-12-3-2-4-14(20)8-12/h5-7,12,14,20H,2-4,8-10H2,1H3,(H2,18,19,21)/t12-,14-/m0/s1. The molecule has 5 heteroatoms. The van der Waals surface area contributed by atoms with Crippen molar-refractivity contribution in [1.82, 2.24) is 10.6 Å². The Bertz CT molecular complexity index is 493. The fourth-order valence-corrected chi connectivity index (χ4v) is 2.86. The molecule has 0 saturated heterocycles. The van der Waals surface area contributed by atoms with Gasteiger partial charge in [-0.1, -0.05) is 30.2 Å². The number of amides is 2. The molecule has 2 amide bonds. The van der Waals surface area contributed by atoms with E-state index in [4.69, 9.17) is 11.6 Å². The molecule has 1 aromatic carbocycles. The lowest BCUT2D eigenvalue weighted by molar-refractivity contribution is 0.101. The largest absolute Gasteiger partial charge is 0.393 e. The summed E-state index contributed by atoms with van der Waals surface area (Å²) in [7, 11) is 0. The van der Waals surface area contributed by atoms with Crippen LogP contribution in [0.2, 0.25) is 5.02 Å². The molecule has 0 spiro atoms. The van der Waals surface area contributed by atoms with Crippen LogP contribution < -0.4 is 10.6 Å². The molecule has 1 saturated carbocycles. The maximum Gasteiger partial charge on any atom is 0.315 e. The fourth-order valence-electron chi connectivity index (χ4n) is 2.75. The molecule has 1 aliphatic carbocycles. The molecule has 2 atom stereocenters. The summed E-state index contributed by atoms with van der Waals surface area (Å²) in [5.74, 6) is 0.386. The molecule has 4 nitrogen and oxygen atoms in total. The third-order valence-corrected chi connectivity index (χ3v) is 4.41. The van der Waals surface area contributed by atoms with Crippen LogP contribution in [-0.4, -0.2) is 23.8 Å². The van der Waals surface area contributed by atoms with Crippen molar-refractivity contribution in [2.45, 2.75) is 45.3 Å². The Labute approximate surface area is 130 Å². The Morgan fingerprint density at radius 2 is 2.19 bits per heavy atom. The Morgan fingerprint density at radius 1 is 1.38 bits per heavy atom. The molecule has 1 fully saturated rings. The Hall–Kier alpha value is -1.26. The van der Waals surface area contributed by atoms with Gasteiger partial charge in [0.15, 0.2) is 0 Å². The Morgan fingerprint density at radius 3 is 2.90 bits per heavy atom. The van der Waals surface area contributed by atoms with Crippen LogP contribution in [0.4, 0.5) is 4.79 Å². The van der Waals surface area contributed by atoms with E-state index in [2.05, 4.69) is 10.6 Å². The molecule has 0 unspecified atom stereocenters. The van der Waals surface area contributed by atoms with Crippen molar-refractivity contribution in [1.29, 1.82) is 0 Å². The van der Waals surface area contributed by atoms with Crippen molar-refractivity contribution in [2.24, 2.45) is 5.92 Å². The van der Waals surface area contributed by atoms with Crippen LogP contribution in [0.1, 0.15) is 36.8 Å². The van der Waals surface area contributed by atoms with Crippen molar-refractivity contribution < 1.29 is 9.90 Å². The van der Waals surface area contributed by atoms with Crippen molar-refractivity contribution in [2.75, 3.05) is 6.54 Å². The lowest BCUT2D eigenvalue weighted by Gasteiger charge is -2.25. The van der Waals surface area contributed by atoms with E-state index < -0.39 is 0 Å². The minimum atomic E-state index is -0.203. The molecular weight excluding hydrogens is 288 g/mol. The van der Waals surface area contributed by atoms with E-state index in [1.807, 2.05) is 25.1 Å². The predicted octanol–water partition coefficient (Wildman–Crippen LogP) is 3.00. The quantitative estimate of drug-likeness (QED) is 0.800. The molecule has 0 bridgehead atoms. The zero-order chi connectivity index (χ0) is 15.2. The molecule has 21 heavy (non-hydrogen) atoms. The van der Waals surface area contributed by atoms with Gasteiger partial charge in [0.2, 0.25) is 0 Å². The summed E-state index contributed by atoms with van der Waals surface area (Å²) in [6, 6.07) is 5.56. The first-order chi connectivity index (χ1) is 10.0. The minimum absolute atomic E-state index is 0.164. The van der Waals surface area contributed by atoms with Gasteiger partial charge in [0.05, 0.1) is 6.10 Å². The topological polar surface area (TPSA) is 61.4 Å². The first kappa shape index (κ1) is 16.1. The average molecular weight is 311 g/mol. The van der Waals surface area contributed by atoms with E-state index in [1.54, 1.807) is 0 Å². The number of aliphatic hydroxyl groups excluding tert-OH is 1. The number of carbonyl (C=O) groups is 1. The molecule has 0 radical (unpaired) electrons. The number of aliphatic hydroxyl groups is 1. The first-order valence-corrected chi connectivity index (χ1v) is 7.87. The maximum absolute atomic E-state index is 11.8. The van der Waals surface area contributed by atoms with Crippen LogP contribution in [0.3, 0.4) is 0 Å². The molecule has 116 valence electrons. The summed E-state index contributed by atoms with van der Waals surface area (Å²) in [4.78, 5) is 11.8. The van der Waals surface area contributed by atoms with E-state index in [1.165, 1.54) is 0 Å². The third kappa shape index (κ3) is 5.21. The van der Waals surface area contributed by atoms with Crippen molar-refractivity contribution in [3.05, 3.63) is 34.3 Å². The molecule has 0 aliphatic heterocycles. The molecule has 1 aliphatic rings. The van der Waals surface area contributed by atoms with Crippen LogP contribution >= 0.6 is 11.6 Å². The number of halogens is 1. The van der Waals surface area contributed by atoms with Gasteiger partial charge in [-0.25, -0.2) is 4.79 Å². The number of rotatable bonds is 4. The van der Waals surface area contributed by atoms with Gasteiger partial charge < -0.3 is 15.7 Å². The third-order valence-electron chi connectivity index (χ3n) is 3.98. The summed E-state index contributed by atoms with van der Waals surface area (Å²) in [5.41, 5.74) is 2.03. The summed E-state index contributed by atoms with van der Waals surface area (Å²) in [5, 5.41) is 16.1. The Kier molecular flexibility index (Phi) is 5.88. The summed E-state index contributed by atoms with van der Waals surface area (Å²) in [6.45, 7) is 3.06. The number of urea groups is 1. The summed E-state index contributed by atoms with van der Waals surface area (Å²) < 4.78 is 0. The van der Waals surface area contributed by atoms with Crippen molar-refractivity contribution in [3.63, 3.8) is 0 Å². The molecule has 0 heterocycles. The highest BCUT2D eigenvalue weighted by molar-refractivity contribution is 6.31. The second-order valence-corrected chi connectivity index (χ2v) is 6.24. The predicted molar refractivity (Wildman–Crippen MR) is 84.4 cm³/mol. The van der Waals surface area contributed by atoms with Gasteiger partial charge in [0, 0.05) is 18.1 Å². The molecule has 1 aromatic rings. The second-order valence-electron chi connectivity index (χ2n) is 5.83. The normalized spacial score (nSPS) is 21.9. The van der Waals surface area contributed by atoms with Crippen LogP contribution in [0.15, 0.2) is 18.2 Å². The van der Waals surface area contributed by atoms with Gasteiger partial charge in [-0.2, -0.15) is 0 Å². The number of hydrogen-bond acceptors (Lipinski definition) is 2. The zero-order valence-electron chi connectivity index (χ0n) is 12.4. The van der Waals surface area contributed by atoms with Crippen LogP contribution in [-0.2, 0) is 6.54 Å². The number of nitrogens with one attached hydrogen (secondary N) is 2. The highest BCUT2D eigenvalue weighted by Gasteiger charge is 2.20. The number of hydrogen-bond donors (Lipinski definition) is 3. The zero-order valence-corrected chi connectivity index (χ0v) is 13.1. The van der Waals surface area contributed by atoms with Gasteiger partial charge in [0.25, 0.3) is 0 Å². The van der Waals surface area contributed by atoms with Crippen molar-refractivity contribution in [3.8, 4) is 0 Å². The second kappa shape index (κ2) is 7.66. The maximum atomic E-state index is 11.8. The lowest BCUT2D eigenvalue weighted by atomic mass is 9.87. The van der Waals surface area contributed by atoms with E-state index in [-0.39, 0.29) is 12.1 Å². The van der Waals surface area contributed by atoms with E-state index in [9.17, 15) is 9.90 Å². The fraction of sp³-hybridized carbons (Fsp3) is 0.562. The van der Waals surface area contributed by atoms with Gasteiger partial charge in [-0.15, -0.1) is 0 Å². The molecule has 0 aromatic heterocycles. The SMILES string of the molecule is Cc1cc(CNC(=O)NC[C@H]2CCC[C@H](O)C2)ccc1Cl. The lowest BCUT2D eigenvalue weighted by Crippen LogP contribution is -2.39. The highest BCUT2D eigenvalue weighted by atomic mass is 35.5. The molecule has 2 rings (SSSR count). The monoisotopic (exact) mass is 310 g/mol. The smallest absolute Gasteiger partial charge is 0.315 e. The van der Waals surface area contributed by atoms with E-state index >= 15 is 0 Å². The number of carbonyl (C=O) groups excluding carboxylic acids is 1. The Balaban J connectivity index is 1.70. The summed E-state index contributed by atoms with van der Waals surface area (Å²) >= 11 is 5.97. The highest BCUT2D eigenvalue weighted by Crippen LogP contribution is 2.23. The van der Waals surface area contributed by atoms with Crippen molar-refractivity contribution >= 4 is 17.6 Å². The molecule has 3 N–H and O–H groups in total. The van der Waals surface area contributed by atoms with E-state index in [0.717, 1.165) is 41.8 Å². The van der Waals surface area contributed by atoms with Crippen LogP contribution in [0, 0.1) is 12.8 Å². The molecular formula is C16H23ClN2O2. The average Bonchev–Trinajstić information content (AvgIpc) is 2.46. The van der Waals surface area contributed by atoms with Gasteiger partial charge in [-0.05, 0) is 49.3 Å². The first-order valence-electron chi connectivity index (χ1n) is 7.49. The van der Waals surface area contributed by atoms with Gasteiger partial charge in [0.1, 0.15) is 0 Å². The minimum Gasteiger partial charge on any atom is -0.393 e. The number of benzene rings is 1. The van der Waals surface area contributed by atoms with Crippen LogP contribution in [0.25, 0.3) is 0 Å².